The number of nitrogens with zero attached hydrogens (tertiary/aromatic N) is 8. The molecule has 4 aromatic rings. The molecule has 1 aromatic carbocycles. The first-order chi connectivity index (χ1) is 24.2. The second-order valence-electron chi connectivity index (χ2n) is 12.4. The third-order valence-electron chi connectivity index (χ3n) is 9.03. The van der Waals surface area contributed by atoms with Gasteiger partial charge in [-0.25, -0.2) is 9.97 Å². The molecular formula is C33H35ClF3N9O5. The van der Waals surface area contributed by atoms with Gasteiger partial charge in [0.15, 0.2) is 17.3 Å². The van der Waals surface area contributed by atoms with E-state index in [1.165, 1.54) is 6.33 Å². The zero-order valence-corrected chi connectivity index (χ0v) is 28.9. The van der Waals surface area contributed by atoms with Gasteiger partial charge in [-0.3, -0.25) is 14.4 Å². The number of hydrogen-bond donors (Lipinski definition) is 2. The predicted molar refractivity (Wildman–Crippen MR) is 181 cm³/mol. The smallest absolute Gasteiger partial charge is 0.416 e. The number of aromatic hydroxyl groups is 1. The number of aryl methyl sites for hydroxylation is 1. The van der Waals surface area contributed by atoms with Gasteiger partial charge in [-0.05, 0) is 57.4 Å². The van der Waals surface area contributed by atoms with Crippen molar-refractivity contribution >= 4 is 46.1 Å². The van der Waals surface area contributed by atoms with E-state index in [2.05, 4.69) is 25.4 Å². The number of carbonyl (C=O) groups is 2. The Bertz CT molecular complexity index is 2120. The molecule has 5 heterocycles. The van der Waals surface area contributed by atoms with Crippen LogP contribution in [-0.2, 0) is 28.7 Å². The Morgan fingerprint density at radius 2 is 1.92 bits per heavy atom. The molecule has 0 aliphatic carbocycles. The van der Waals surface area contributed by atoms with Crippen LogP contribution in [0.15, 0.2) is 35.4 Å². The fraction of sp³-hybridized carbons (Fsp3) is 0.424. The molecule has 1 saturated heterocycles. The second kappa shape index (κ2) is 13.9. The lowest BCUT2D eigenvalue weighted by Crippen LogP contribution is -2.59. The molecule has 0 saturated carbocycles. The van der Waals surface area contributed by atoms with Gasteiger partial charge in [0.2, 0.25) is 11.7 Å². The Morgan fingerprint density at radius 1 is 1.16 bits per heavy atom. The minimum atomic E-state index is -4.62. The normalized spacial score (nSPS) is 18.2. The summed E-state index contributed by atoms with van der Waals surface area (Å²) in [7, 11) is 0. The Kier molecular flexibility index (Phi) is 9.78. The third-order valence-corrected chi connectivity index (χ3v) is 9.34. The van der Waals surface area contributed by atoms with Crippen LogP contribution < -0.4 is 15.8 Å². The van der Waals surface area contributed by atoms with Gasteiger partial charge in [0, 0.05) is 25.2 Å². The van der Waals surface area contributed by atoms with E-state index in [0.29, 0.717) is 31.2 Å². The van der Waals surface area contributed by atoms with E-state index >= 15 is 0 Å². The third kappa shape index (κ3) is 6.87. The first-order valence-electron chi connectivity index (χ1n) is 16.2. The number of carbonyl (C=O) groups excluding carboxylic acids is 2. The number of benzene rings is 1. The van der Waals surface area contributed by atoms with E-state index in [4.69, 9.17) is 16.3 Å². The van der Waals surface area contributed by atoms with Gasteiger partial charge in [-0.2, -0.15) is 22.7 Å². The minimum Gasteiger partial charge on any atom is -0.504 e. The standard InChI is InChI=1S/C33H35ClF3N9O5/c1-5-24-27(43-13-18(3)44(14-17(43)2)30(49)26-28(48)19(4)38-16-39-26)31(50)46-32(41-29(42-46)20-8-10-51-11-9-20)45(24)15-25(47)40-23-7-6-21(12-22(23)34)33(35,36)37/h6-8,12,16-18,48H,5,9-11,13-15H2,1-4H3,(H,40,47)/t17-,18+/m0/s1. The van der Waals surface area contributed by atoms with Gasteiger partial charge < -0.3 is 29.5 Å². The van der Waals surface area contributed by atoms with Gasteiger partial charge >= 0.3 is 6.18 Å². The van der Waals surface area contributed by atoms with Crippen molar-refractivity contribution in [2.24, 2.45) is 0 Å². The lowest BCUT2D eigenvalue weighted by molar-refractivity contribution is -0.137. The van der Waals surface area contributed by atoms with Crippen LogP contribution in [0.1, 0.15) is 60.5 Å². The van der Waals surface area contributed by atoms with Crippen molar-refractivity contribution in [3.05, 3.63) is 74.4 Å². The number of fused-ring (bicyclic) bond motifs is 1. The van der Waals surface area contributed by atoms with Gasteiger partial charge in [0.1, 0.15) is 18.6 Å². The molecule has 0 radical (unpaired) electrons. The molecule has 2 amide bonds. The fourth-order valence-corrected chi connectivity index (χ4v) is 6.60. The number of ether oxygens (including phenoxy) is 1. The molecule has 6 rings (SSSR count). The molecule has 2 aliphatic heterocycles. The summed E-state index contributed by atoms with van der Waals surface area (Å²) in [5.74, 6) is -1.02. The summed E-state index contributed by atoms with van der Waals surface area (Å²) in [5.41, 5.74) is 0.185. The molecule has 2 N–H and O–H groups in total. The highest BCUT2D eigenvalue weighted by molar-refractivity contribution is 6.33. The van der Waals surface area contributed by atoms with E-state index in [-0.39, 0.29) is 65.4 Å². The van der Waals surface area contributed by atoms with Crippen LogP contribution >= 0.6 is 11.6 Å². The van der Waals surface area contributed by atoms with Crippen LogP contribution in [0.5, 0.6) is 5.75 Å². The summed E-state index contributed by atoms with van der Waals surface area (Å²) < 4.78 is 47.8. The molecule has 0 unspecified atom stereocenters. The topological polar surface area (TPSA) is 160 Å². The summed E-state index contributed by atoms with van der Waals surface area (Å²) in [4.78, 5) is 57.6. The molecule has 270 valence electrons. The van der Waals surface area contributed by atoms with Crippen LogP contribution in [0, 0.1) is 6.92 Å². The van der Waals surface area contributed by atoms with E-state index < -0.39 is 41.2 Å². The largest absolute Gasteiger partial charge is 0.504 e. The Labute approximate surface area is 294 Å². The van der Waals surface area contributed by atoms with Crippen molar-refractivity contribution in [1.82, 2.24) is 34.0 Å². The first kappa shape index (κ1) is 35.8. The lowest BCUT2D eigenvalue weighted by Gasteiger charge is -2.45. The number of alkyl halides is 3. The fourth-order valence-electron chi connectivity index (χ4n) is 6.37. The molecule has 3 aromatic heterocycles. The molecule has 18 heteroatoms. The highest BCUT2D eigenvalue weighted by Gasteiger charge is 2.37. The molecule has 2 aliphatic rings. The number of rotatable bonds is 7. The van der Waals surface area contributed by atoms with Gasteiger partial charge in [-0.1, -0.05) is 24.6 Å². The van der Waals surface area contributed by atoms with Crippen LogP contribution in [0.3, 0.4) is 0 Å². The van der Waals surface area contributed by atoms with Crippen molar-refractivity contribution in [2.75, 3.05) is 36.5 Å². The van der Waals surface area contributed by atoms with Crippen molar-refractivity contribution in [1.29, 1.82) is 0 Å². The summed E-state index contributed by atoms with van der Waals surface area (Å²) >= 11 is 6.13. The maximum Gasteiger partial charge on any atom is 0.416 e. The van der Waals surface area contributed by atoms with E-state index in [9.17, 15) is 32.7 Å². The Morgan fingerprint density at radius 3 is 2.59 bits per heavy atom. The van der Waals surface area contributed by atoms with Crippen LogP contribution in [0.25, 0.3) is 11.4 Å². The van der Waals surface area contributed by atoms with Gasteiger partial charge in [0.25, 0.3) is 11.5 Å². The zero-order valence-electron chi connectivity index (χ0n) is 28.2. The minimum absolute atomic E-state index is 0.0207. The van der Waals surface area contributed by atoms with Crippen molar-refractivity contribution in [3.63, 3.8) is 0 Å². The summed E-state index contributed by atoms with van der Waals surface area (Å²) in [6, 6.07) is 1.77. The maximum absolute atomic E-state index is 14.4. The number of piperazine rings is 1. The average molecular weight is 730 g/mol. The maximum atomic E-state index is 14.4. The monoisotopic (exact) mass is 729 g/mol. The molecule has 0 bridgehead atoms. The van der Waals surface area contributed by atoms with E-state index in [1.807, 2.05) is 31.7 Å². The van der Waals surface area contributed by atoms with E-state index in [0.717, 1.165) is 28.3 Å². The average Bonchev–Trinajstić information content (AvgIpc) is 3.55. The van der Waals surface area contributed by atoms with Crippen molar-refractivity contribution in [2.45, 2.75) is 65.3 Å². The number of amides is 2. The second-order valence-corrected chi connectivity index (χ2v) is 12.9. The van der Waals surface area contributed by atoms with Crippen molar-refractivity contribution < 1.29 is 32.6 Å². The lowest BCUT2D eigenvalue weighted by atomic mass is 10.1. The number of hydrogen-bond acceptors (Lipinski definition) is 10. The highest BCUT2D eigenvalue weighted by Crippen LogP contribution is 2.34. The van der Waals surface area contributed by atoms with Gasteiger partial charge in [-0.15, -0.1) is 5.10 Å². The van der Waals surface area contributed by atoms with Gasteiger partial charge in [0.05, 0.1) is 40.9 Å². The number of anilines is 2. The molecular weight excluding hydrogens is 695 g/mol. The number of halogens is 4. The molecule has 51 heavy (non-hydrogen) atoms. The summed E-state index contributed by atoms with van der Waals surface area (Å²) in [6.45, 7) is 7.85. The molecule has 0 spiro atoms. The van der Waals surface area contributed by atoms with Crippen LogP contribution in [0.2, 0.25) is 5.02 Å². The predicted octanol–water partition coefficient (Wildman–Crippen LogP) is 4.11. The summed E-state index contributed by atoms with van der Waals surface area (Å²) in [6.07, 6.45) is -0.789. The highest BCUT2D eigenvalue weighted by atomic mass is 35.5. The van der Waals surface area contributed by atoms with Crippen molar-refractivity contribution in [3.8, 4) is 5.75 Å². The van der Waals surface area contributed by atoms with Crippen LogP contribution in [-0.4, -0.2) is 89.3 Å². The SMILES string of the molecule is CCc1c(N2C[C@@H](C)N(C(=O)c3ncnc(C)c3O)C[C@@H]2C)c(=O)n2nc(C3=CCOCC3)nc2n1CC(=O)Nc1ccc(C(F)(F)F)cc1Cl. The first-order valence-corrected chi connectivity index (χ1v) is 16.6. The number of nitrogens with one attached hydrogen (secondary N) is 1. The Balaban J connectivity index is 1.40. The Hall–Kier alpha value is -5.03. The summed E-state index contributed by atoms with van der Waals surface area (Å²) in [5, 5.41) is 17.4. The molecule has 2 atom stereocenters. The molecule has 1 fully saturated rings. The van der Waals surface area contributed by atoms with Crippen LogP contribution in [0.4, 0.5) is 24.5 Å². The van der Waals surface area contributed by atoms with E-state index in [1.54, 1.807) is 16.4 Å². The number of aromatic nitrogens is 6. The zero-order chi connectivity index (χ0) is 36.8. The molecule has 14 nitrogen and oxygen atoms in total. The quantitative estimate of drug-likeness (QED) is 0.284.